The number of aryl methyl sites for hydroxylation is 1. The predicted octanol–water partition coefficient (Wildman–Crippen LogP) is 4.15. The number of fused-ring (bicyclic) bond motifs is 1. The van der Waals surface area contributed by atoms with Crippen molar-refractivity contribution in [3.63, 3.8) is 0 Å². The minimum atomic E-state index is -3.87. The summed E-state index contributed by atoms with van der Waals surface area (Å²) in [6.07, 6.45) is 0.310. The third kappa shape index (κ3) is 4.54. The number of hydrogen-bond acceptors (Lipinski definition) is 4. The summed E-state index contributed by atoms with van der Waals surface area (Å²) >= 11 is 0. The van der Waals surface area contributed by atoms with Gasteiger partial charge in [0.25, 0.3) is 0 Å². The van der Waals surface area contributed by atoms with E-state index in [1.807, 2.05) is 38.1 Å². The van der Waals surface area contributed by atoms with Crippen molar-refractivity contribution in [2.45, 2.75) is 37.8 Å². The fraction of sp³-hybridized carbons (Fsp3) is 0.240. The molecule has 0 spiro atoms. The monoisotopic (exact) mass is 450 g/mol. The molecule has 0 aromatic heterocycles. The number of carbonyl (C=O) groups excluding carboxylic acids is 1. The quantitative estimate of drug-likeness (QED) is 0.612. The Kier molecular flexibility index (Phi) is 6.30. The van der Waals surface area contributed by atoms with Crippen molar-refractivity contribution >= 4 is 21.6 Å². The molecular weight excluding hydrogens is 424 g/mol. The number of sulfonamides is 1. The molecule has 0 radical (unpaired) electrons. The Bertz CT molecular complexity index is 1210. The van der Waals surface area contributed by atoms with Crippen LogP contribution < -0.4 is 10.1 Å². The first-order valence-electron chi connectivity index (χ1n) is 10.6. The van der Waals surface area contributed by atoms with Crippen LogP contribution in [0.1, 0.15) is 23.6 Å². The zero-order valence-electron chi connectivity index (χ0n) is 18.1. The van der Waals surface area contributed by atoms with E-state index in [0.717, 1.165) is 16.7 Å². The van der Waals surface area contributed by atoms with Gasteiger partial charge in [0.05, 0.1) is 11.5 Å². The van der Waals surface area contributed by atoms with Gasteiger partial charge in [0, 0.05) is 12.2 Å². The molecule has 1 atom stereocenters. The highest BCUT2D eigenvalue weighted by Crippen LogP contribution is 2.30. The van der Waals surface area contributed by atoms with Crippen molar-refractivity contribution in [3.05, 3.63) is 89.5 Å². The third-order valence-corrected chi connectivity index (χ3v) is 7.44. The highest BCUT2D eigenvalue weighted by atomic mass is 32.2. The lowest BCUT2D eigenvalue weighted by Gasteiger charge is -2.35. The Labute approximate surface area is 188 Å². The predicted molar refractivity (Wildman–Crippen MR) is 124 cm³/mol. The van der Waals surface area contributed by atoms with Crippen LogP contribution in [0.25, 0.3) is 0 Å². The summed E-state index contributed by atoms with van der Waals surface area (Å²) in [6.45, 7) is 4.51. The first-order chi connectivity index (χ1) is 15.4. The maximum absolute atomic E-state index is 13.5. The molecule has 1 heterocycles. The van der Waals surface area contributed by atoms with Crippen LogP contribution in [0.3, 0.4) is 0 Å². The maximum Gasteiger partial charge on any atom is 0.244 e. The summed E-state index contributed by atoms with van der Waals surface area (Å²) in [5.74, 6) is 0.347. The molecule has 1 N–H and O–H groups in total. The van der Waals surface area contributed by atoms with E-state index < -0.39 is 16.1 Å². The molecule has 32 heavy (non-hydrogen) atoms. The lowest BCUT2D eigenvalue weighted by molar-refractivity contribution is -0.120. The summed E-state index contributed by atoms with van der Waals surface area (Å²) in [5.41, 5.74) is 3.45. The Morgan fingerprint density at radius 1 is 1.00 bits per heavy atom. The Morgan fingerprint density at radius 2 is 1.66 bits per heavy atom. The van der Waals surface area contributed by atoms with Gasteiger partial charge >= 0.3 is 0 Å². The largest absolute Gasteiger partial charge is 0.494 e. The highest BCUT2D eigenvalue weighted by Gasteiger charge is 2.39. The molecule has 1 amide bonds. The van der Waals surface area contributed by atoms with Crippen LogP contribution >= 0.6 is 0 Å². The maximum atomic E-state index is 13.5. The van der Waals surface area contributed by atoms with Crippen molar-refractivity contribution in [1.29, 1.82) is 0 Å². The Balaban J connectivity index is 1.65. The normalized spacial score (nSPS) is 16.2. The van der Waals surface area contributed by atoms with Crippen molar-refractivity contribution < 1.29 is 17.9 Å². The van der Waals surface area contributed by atoms with E-state index in [2.05, 4.69) is 5.32 Å². The molecule has 4 rings (SSSR count). The number of nitrogens with one attached hydrogen (secondary N) is 1. The minimum absolute atomic E-state index is 0.147. The second kappa shape index (κ2) is 9.14. The average molecular weight is 451 g/mol. The van der Waals surface area contributed by atoms with Crippen LogP contribution in [0.15, 0.2) is 77.7 Å². The van der Waals surface area contributed by atoms with E-state index in [0.29, 0.717) is 24.5 Å². The lowest BCUT2D eigenvalue weighted by Crippen LogP contribution is -2.50. The molecule has 0 bridgehead atoms. The van der Waals surface area contributed by atoms with Crippen LogP contribution in [0, 0.1) is 6.92 Å². The Morgan fingerprint density at radius 3 is 2.31 bits per heavy atom. The van der Waals surface area contributed by atoms with Gasteiger partial charge < -0.3 is 10.1 Å². The van der Waals surface area contributed by atoms with E-state index >= 15 is 0 Å². The summed E-state index contributed by atoms with van der Waals surface area (Å²) < 4.78 is 33.8. The van der Waals surface area contributed by atoms with E-state index in [9.17, 15) is 13.2 Å². The summed E-state index contributed by atoms with van der Waals surface area (Å²) in [6, 6.07) is 20.5. The first-order valence-corrected chi connectivity index (χ1v) is 12.0. The minimum Gasteiger partial charge on any atom is -0.494 e. The van der Waals surface area contributed by atoms with Gasteiger partial charge in [-0.15, -0.1) is 0 Å². The second-order valence-corrected chi connectivity index (χ2v) is 9.69. The van der Waals surface area contributed by atoms with Crippen LogP contribution in [-0.2, 0) is 27.8 Å². The SMILES string of the molecule is CCOc1ccc(NC(=O)C2Cc3ccccc3CN2S(=O)(=O)c2ccc(C)cc2)cc1. The highest BCUT2D eigenvalue weighted by molar-refractivity contribution is 7.89. The smallest absolute Gasteiger partial charge is 0.244 e. The van der Waals surface area contributed by atoms with Crippen LogP contribution in [0.4, 0.5) is 5.69 Å². The molecule has 0 saturated heterocycles. The number of ether oxygens (including phenoxy) is 1. The number of benzene rings is 3. The lowest BCUT2D eigenvalue weighted by atomic mass is 9.95. The molecule has 7 heteroatoms. The average Bonchev–Trinajstić information content (AvgIpc) is 2.80. The summed E-state index contributed by atoms with van der Waals surface area (Å²) in [7, 11) is -3.87. The Hall–Kier alpha value is -3.16. The van der Waals surface area contributed by atoms with Gasteiger partial charge in [0.2, 0.25) is 15.9 Å². The number of rotatable bonds is 6. The second-order valence-electron chi connectivity index (χ2n) is 7.80. The molecule has 0 fully saturated rings. The van der Waals surface area contributed by atoms with E-state index in [-0.39, 0.29) is 17.3 Å². The van der Waals surface area contributed by atoms with Gasteiger partial charge in [-0.3, -0.25) is 4.79 Å². The number of amides is 1. The first kappa shape index (κ1) is 22.0. The molecular formula is C25H26N2O4S. The van der Waals surface area contributed by atoms with Crippen molar-refractivity contribution in [2.24, 2.45) is 0 Å². The van der Waals surface area contributed by atoms with E-state index in [4.69, 9.17) is 4.74 Å². The van der Waals surface area contributed by atoms with Crippen LogP contribution in [-0.4, -0.2) is 31.3 Å². The van der Waals surface area contributed by atoms with Gasteiger partial charge in [-0.2, -0.15) is 4.31 Å². The summed E-state index contributed by atoms with van der Waals surface area (Å²) in [4.78, 5) is 13.5. The molecule has 0 saturated carbocycles. The summed E-state index contributed by atoms with van der Waals surface area (Å²) in [5, 5.41) is 2.87. The van der Waals surface area contributed by atoms with E-state index in [1.54, 1.807) is 48.5 Å². The number of hydrogen-bond donors (Lipinski definition) is 1. The van der Waals surface area contributed by atoms with Crippen LogP contribution in [0.2, 0.25) is 0 Å². The third-order valence-electron chi connectivity index (χ3n) is 5.57. The molecule has 1 aliphatic heterocycles. The zero-order valence-corrected chi connectivity index (χ0v) is 18.9. The van der Waals surface area contributed by atoms with Gasteiger partial charge in [-0.05, 0) is 67.8 Å². The molecule has 3 aromatic carbocycles. The molecule has 6 nitrogen and oxygen atoms in total. The number of anilines is 1. The number of carbonyl (C=O) groups is 1. The van der Waals surface area contributed by atoms with Crippen molar-refractivity contribution in [2.75, 3.05) is 11.9 Å². The van der Waals surface area contributed by atoms with Gasteiger partial charge in [0.1, 0.15) is 11.8 Å². The van der Waals surface area contributed by atoms with Crippen LogP contribution in [0.5, 0.6) is 5.75 Å². The molecule has 1 aliphatic rings. The fourth-order valence-electron chi connectivity index (χ4n) is 3.85. The van der Waals surface area contributed by atoms with Gasteiger partial charge in [-0.1, -0.05) is 42.0 Å². The van der Waals surface area contributed by atoms with Gasteiger partial charge in [0.15, 0.2) is 0 Å². The zero-order chi connectivity index (χ0) is 22.7. The van der Waals surface area contributed by atoms with E-state index in [1.165, 1.54) is 4.31 Å². The standard InChI is InChI=1S/C25H26N2O4S/c1-3-31-22-12-10-21(11-13-22)26-25(28)24-16-19-6-4-5-7-20(19)17-27(24)32(29,30)23-14-8-18(2)9-15-23/h4-15,24H,3,16-17H2,1-2H3,(H,26,28). The van der Waals surface area contributed by atoms with Gasteiger partial charge in [-0.25, -0.2) is 8.42 Å². The fourth-order valence-corrected chi connectivity index (χ4v) is 5.41. The van der Waals surface area contributed by atoms with Crippen molar-refractivity contribution in [1.82, 2.24) is 4.31 Å². The molecule has 166 valence electrons. The van der Waals surface area contributed by atoms with Crippen molar-refractivity contribution in [3.8, 4) is 5.75 Å². The molecule has 0 aliphatic carbocycles. The number of nitrogens with zero attached hydrogens (tertiary/aromatic N) is 1. The molecule has 1 unspecified atom stereocenters. The molecule has 3 aromatic rings. The topological polar surface area (TPSA) is 75.7 Å².